The summed E-state index contributed by atoms with van der Waals surface area (Å²) in [6, 6.07) is 11.1. The lowest BCUT2D eigenvalue weighted by Gasteiger charge is -2.18. The number of carbonyl (C=O) groups is 1. The number of rotatable bonds is 7. The van der Waals surface area contributed by atoms with Crippen LogP contribution in [0.4, 0.5) is 8.78 Å². The molecular weight excluding hydrogens is 444 g/mol. The van der Waals surface area contributed by atoms with E-state index < -0.39 is 11.9 Å². The summed E-state index contributed by atoms with van der Waals surface area (Å²) in [6.45, 7) is 2.00. The Kier molecular flexibility index (Phi) is 5.99. The smallest absolute Gasteiger partial charge is 0.303 e. The monoisotopic (exact) mass is 463 g/mol. The minimum atomic E-state index is -3.01. The Bertz CT molecular complexity index is 1130. The van der Waals surface area contributed by atoms with Crippen molar-refractivity contribution in [3.63, 3.8) is 0 Å². The Labute approximate surface area is 187 Å². The van der Waals surface area contributed by atoms with Gasteiger partial charge in [-0.15, -0.1) is 0 Å². The SMILES string of the molecule is Cc1ccc(-c2snc(Cl)c2COc2ccc(CCC(=O)O)c3c2C(F)(F)CC3)cc1. The van der Waals surface area contributed by atoms with Crippen LogP contribution >= 0.6 is 23.1 Å². The summed E-state index contributed by atoms with van der Waals surface area (Å²) >= 11 is 7.52. The van der Waals surface area contributed by atoms with Crippen LogP contribution in [0.15, 0.2) is 36.4 Å². The standard InChI is InChI=1S/C23H20ClF2NO3S/c1-13-2-4-15(5-3-13)21-17(22(24)27-31-21)12-30-18-8-6-14(7-9-19(28)29)16-10-11-23(25,26)20(16)18/h2-6,8H,7,9-12H2,1H3,(H,28,29). The number of aryl methyl sites for hydroxylation is 2. The molecule has 0 radical (unpaired) electrons. The van der Waals surface area contributed by atoms with E-state index in [1.54, 1.807) is 6.07 Å². The molecule has 0 saturated heterocycles. The zero-order valence-electron chi connectivity index (χ0n) is 16.8. The molecule has 0 unspecified atom stereocenters. The number of benzene rings is 2. The summed E-state index contributed by atoms with van der Waals surface area (Å²) in [5.41, 5.74) is 3.72. The molecule has 1 heterocycles. The van der Waals surface area contributed by atoms with Crippen LogP contribution in [0.3, 0.4) is 0 Å². The Balaban J connectivity index is 1.63. The van der Waals surface area contributed by atoms with Gasteiger partial charge >= 0.3 is 5.97 Å². The molecule has 8 heteroatoms. The van der Waals surface area contributed by atoms with Crippen LogP contribution in [0.5, 0.6) is 5.75 Å². The Morgan fingerprint density at radius 1 is 1.26 bits per heavy atom. The highest BCUT2D eigenvalue weighted by Crippen LogP contribution is 2.48. The van der Waals surface area contributed by atoms with Crippen LogP contribution < -0.4 is 4.74 Å². The van der Waals surface area contributed by atoms with E-state index in [0.717, 1.165) is 16.0 Å². The van der Waals surface area contributed by atoms with E-state index in [2.05, 4.69) is 4.37 Å². The minimum absolute atomic E-state index is 0.00946. The molecule has 1 aromatic heterocycles. The van der Waals surface area contributed by atoms with Gasteiger partial charge in [0.1, 0.15) is 17.5 Å². The van der Waals surface area contributed by atoms with Crippen molar-refractivity contribution in [2.45, 2.75) is 45.1 Å². The van der Waals surface area contributed by atoms with E-state index >= 15 is 0 Å². The third-order valence-electron chi connectivity index (χ3n) is 5.46. The zero-order chi connectivity index (χ0) is 22.2. The Hall–Kier alpha value is -2.51. The number of ether oxygens (including phenoxy) is 1. The maximum absolute atomic E-state index is 14.7. The highest BCUT2D eigenvalue weighted by atomic mass is 35.5. The number of nitrogens with zero attached hydrogens (tertiary/aromatic N) is 1. The summed E-state index contributed by atoms with van der Waals surface area (Å²) < 4.78 is 39.4. The maximum Gasteiger partial charge on any atom is 0.303 e. The number of carboxylic acids is 1. The van der Waals surface area contributed by atoms with Gasteiger partial charge in [0.05, 0.1) is 10.4 Å². The van der Waals surface area contributed by atoms with Crippen molar-refractivity contribution in [2.75, 3.05) is 0 Å². The van der Waals surface area contributed by atoms with E-state index in [1.807, 2.05) is 31.2 Å². The second-order valence-corrected chi connectivity index (χ2v) is 8.74. The van der Waals surface area contributed by atoms with Crippen molar-refractivity contribution >= 4 is 29.1 Å². The van der Waals surface area contributed by atoms with Crippen molar-refractivity contribution in [2.24, 2.45) is 0 Å². The molecule has 0 saturated carbocycles. The van der Waals surface area contributed by atoms with Gasteiger partial charge in [-0.2, -0.15) is 4.37 Å². The molecule has 31 heavy (non-hydrogen) atoms. The first-order valence-electron chi connectivity index (χ1n) is 9.85. The molecule has 0 spiro atoms. The van der Waals surface area contributed by atoms with E-state index in [0.29, 0.717) is 21.8 Å². The molecule has 1 aliphatic carbocycles. The molecule has 4 rings (SSSR count). The summed E-state index contributed by atoms with van der Waals surface area (Å²) in [6.07, 6.45) is 0.00219. The van der Waals surface area contributed by atoms with Gasteiger partial charge in [0.25, 0.3) is 5.92 Å². The number of fused-ring (bicyclic) bond motifs is 1. The van der Waals surface area contributed by atoms with E-state index in [1.165, 1.54) is 17.6 Å². The topological polar surface area (TPSA) is 59.4 Å². The van der Waals surface area contributed by atoms with Gasteiger partial charge in [-0.05, 0) is 54.1 Å². The second kappa shape index (κ2) is 8.55. The highest BCUT2D eigenvalue weighted by molar-refractivity contribution is 7.10. The van der Waals surface area contributed by atoms with Gasteiger partial charge in [-0.25, -0.2) is 8.78 Å². The van der Waals surface area contributed by atoms with Crippen molar-refractivity contribution in [3.8, 4) is 16.2 Å². The largest absolute Gasteiger partial charge is 0.488 e. The van der Waals surface area contributed by atoms with Crippen LogP contribution in [-0.2, 0) is 30.2 Å². The normalized spacial score (nSPS) is 14.5. The predicted molar refractivity (Wildman–Crippen MR) is 116 cm³/mol. The molecule has 3 aromatic rings. The van der Waals surface area contributed by atoms with Gasteiger partial charge in [-0.3, -0.25) is 4.79 Å². The van der Waals surface area contributed by atoms with Crippen LogP contribution in [0.1, 0.15) is 40.7 Å². The first-order valence-corrected chi connectivity index (χ1v) is 11.0. The first kappa shape index (κ1) is 21.7. The quantitative estimate of drug-likeness (QED) is 0.440. The molecule has 2 aromatic carbocycles. The first-order chi connectivity index (χ1) is 14.8. The van der Waals surface area contributed by atoms with Crippen molar-refractivity contribution in [1.29, 1.82) is 0 Å². The number of alkyl halides is 2. The molecule has 0 bridgehead atoms. The molecule has 1 N–H and O–H groups in total. The maximum atomic E-state index is 14.7. The number of aliphatic carboxylic acids is 1. The molecule has 0 atom stereocenters. The predicted octanol–water partition coefficient (Wildman–Crippen LogP) is 6.41. The van der Waals surface area contributed by atoms with Crippen LogP contribution in [0.2, 0.25) is 5.15 Å². The molecule has 0 aliphatic heterocycles. The fourth-order valence-electron chi connectivity index (χ4n) is 3.86. The lowest BCUT2D eigenvalue weighted by molar-refractivity contribution is -0.136. The summed E-state index contributed by atoms with van der Waals surface area (Å²) in [5.74, 6) is -3.86. The second-order valence-electron chi connectivity index (χ2n) is 7.61. The van der Waals surface area contributed by atoms with Gasteiger partial charge in [0.15, 0.2) is 0 Å². The molecule has 0 fully saturated rings. The molecule has 0 amide bonds. The number of aromatic nitrogens is 1. The summed E-state index contributed by atoms with van der Waals surface area (Å²) in [7, 11) is 0. The van der Waals surface area contributed by atoms with Gasteiger partial charge in [0, 0.05) is 18.4 Å². The van der Waals surface area contributed by atoms with Crippen LogP contribution in [-0.4, -0.2) is 15.4 Å². The third kappa shape index (κ3) is 4.43. The Morgan fingerprint density at radius 3 is 2.71 bits per heavy atom. The molecule has 162 valence electrons. The molecular formula is C23H20ClF2NO3S. The average Bonchev–Trinajstić information content (AvgIpc) is 3.25. The summed E-state index contributed by atoms with van der Waals surface area (Å²) in [4.78, 5) is 11.7. The van der Waals surface area contributed by atoms with Gasteiger partial charge in [0.2, 0.25) is 0 Å². The minimum Gasteiger partial charge on any atom is -0.488 e. The fourth-order valence-corrected chi connectivity index (χ4v) is 4.95. The van der Waals surface area contributed by atoms with Gasteiger partial charge in [-0.1, -0.05) is 47.5 Å². The lowest BCUT2D eigenvalue weighted by Crippen LogP contribution is -2.11. The molecule has 1 aliphatic rings. The number of halogens is 3. The number of carboxylic acid groups (broad SMARTS) is 1. The van der Waals surface area contributed by atoms with E-state index in [4.69, 9.17) is 21.4 Å². The van der Waals surface area contributed by atoms with Crippen LogP contribution in [0, 0.1) is 6.92 Å². The fraction of sp³-hybridized carbons (Fsp3) is 0.304. The van der Waals surface area contributed by atoms with E-state index in [-0.39, 0.29) is 43.6 Å². The number of hydrogen-bond donors (Lipinski definition) is 1. The van der Waals surface area contributed by atoms with Crippen molar-refractivity contribution < 1.29 is 23.4 Å². The van der Waals surface area contributed by atoms with E-state index in [9.17, 15) is 13.6 Å². The Morgan fingerprint density at radius 2 is 2.00 bits per heavy atom. The zero-order valence-corrected chi connectivity index (χ0v) is 18.3. The van der Waals surface area contributed by atoms with Crippen molar-refractivity contribution in [1.82, 2.24) is 4.37 Å². The molecule has 4 nitrogen and oxygen atoms in total. The number of hydrogen-bond acceptors (Lipinski definition) is 4. The lowest BCUT2D eigenvalue weighted by atomic mass is 9.98. The summed E-state index contributed by atoms with van der Waals surface area (Å²) in [5, 5.41) is 9.23. The third-order valence-corrected chi connectivity index (χ3v) is 6.81. The van der Waals surface area contributed by atoms with Gasteiger partial charge < -0.3 is 9.84 Å². The van der Waals surface area contributed by atoms with Crippen LogP contribution in [0.25, 0.3) is 10.4 Å². The van der Waals surface area contributed by atoms with Crippen molar-refractivity contribution in [3.05, 3.63) is 69.4 Å². The highest BCUT2D eigenvalue weighted by Gasteiger charge is 2.43. The average molecular weight is 464 g/mol.